The molecule has 1 fully saturated rings. The molecule has 0 saturated heterocycles. The first-order valence-corrected chi connectivity index (χ1v) is 7.95. The van der Waals surface area contributed by atoms with Crippen LogP contribution < -0.4 is 5.32 Å². The molecular formula is C17H23N3O. The maximum absolute atomic E-state index is 5.57. The summed E-state index contributed by atoms with van der Waals surface area (Å²) < 4.78 is 5.57. The SMILES string of the molecule is CCCNc1cc(C2CCCC2)nc(-c2occc2C)n1. The summed E-state index contributed by atoms with van der Waals surface area (Å²) in [6, 6.07) is 4.08. The lowest BCUT2D eigenvalue weighted by molar-refractivity contribution is 0.574. The third-order valence-electron chi connectivity index (χ3n) is 4.14. The summed E-state index contributed by atoms with van der Waals surface area (Å²) in [5.74, 6) is 2.98. The second-order valence-electron chi connectivity index (χ2n) is 5.84. The Morgan fingerprint density at radius 2 is 2.10 bits per heavy atom. The zero-order valence-corrected chi connectivity index (χ0v) is 12.9. The fourth-order valence-corrected chi connectivity index (χ4v) is 2.94. The average molecular weight is 285 g/mol. The highest BCUT2D eigenvalue weighted by atomic mass is 16.3. The lowest BCUT2D eigenvalue weighted by Gasteiger charge is -2.13. The van der Waals surface area contributed by atoms with Gasteiger partial charge in [0.25, 0.3) is 0 Å². The molecular weight excluding hydrogens is 262 g/mol. The van der Waals surface area contributed by atoms with Gasteiger partial charge >= 0.3 is 0 Å². The van der Waals surface area contributed by atoms with E-state index in [2.05, 4.69) is 23.3 Å². The minimum atomic E-state index is 0.573. The molecule has 0 spiro atoms. The number of hydrogen-bond donors (Lipinski definition) is 1. The summed E-state index contributed by atoms with van der Waals surface area (Å²) in [6.45, 7) is 5.12. The Morgan fingerprint density at radius 3 is 2.76 bits per heavy atom. The second-order valence-corrected chi connectivity index (χ2v) is 5.84. The van der Waals surface area contributed by atoms with Gasteiger partial charge in [0.2, 0.25) is 0 Å². The summed E-state index contributed by atoms with van der Waals surface area (Å²) in [5, 5.41) is 3.39. The molecule has 2 aromatic rings. The van der Waals surface area contributed by atoms with Crippen molar-refractivity contribution in [2.24, 2.45) is 0 Å². The molecule has 4 heteroatoms. The molecule has 4 nitrogen and oxygen atoms in total. The molecule has 1 aliphatic rings. The van der Waals surface area contributed by atoms with E-state index in [1.807, 2.05) is 13.0 Å². The van der Waals surface area contributed by atoms with Crippen LogP contribution in [0.15, 0.2) is 22.8 Å². The Hall–Kier alpha value is -1.84. The molecule has 0 aliphatic heterocycles. The molecule has 1 N–H and O–H groups in total. The van der Waals surface area contributed by atoms with E-state index in [1.54, 1.807) is 6.26 Å². The van der Waals surface area contributed by atoms with Crippen LogP contribution in [0.2, 0.25) is 0 Å². The average Bonchev–Trinajstić information content (AvgIpc) is 3.16. The van der Waals surface area contributed by atoms with Crippen LogP contribution in [0.4, 0.5) is 5.82 Å². The first kappa shape index (κ1) is 14.1. The molecule has 1 aliphatic carbocycles. The lowest BCUT2D eigenvalue weighted by Crippen LogP contribution is -2.07. The minimum Gasteiger partial charge on any atom is -0.461 e. The van der Waals surface area contributed by atoms with Crippen molar-refractivity contribution in [2.45, 2.75) is 51.9 Å². The Kier molecular flexibility index (Phi) is 4.23. The van der Waals surface area contributed by atoms with Crippen LogP contribution in [-0.2, 0) is 0 Å². The Balaban J connectivity index is 1.98. The fourth-order valence-electron chi connectivity index (χ4n) is 2.94. The van der Waals surface area contributed by atoms with Crippen LogP contribution in [0, 0.1) is 6.92 Å². The van der Waals surface area contributed by atoms with Gasteiger partial charge in [-0.25, -0.2) is 9.97 Å². The van der Waals surface area contributed by atoms with Crippen LogP contribution in [0.5, 0.6) is 0 Å². The maximum atomic E-state index is 5.57. The van der Waals surface area contributed by atoms with Crippen LogP contribution in [0.3, 0.4) is 0 Å². The van der Waals surface area contributed by atoms with Gasteiger partial charge in [0.15, 0.2) is 11.6 Å². The summed E-state index contributed by atoms with van der Waals surface area (Å²) >= 11 is 0. The summed E-state index contributed by atoms with van der Waals surface area (Å²) in [5.41, 5.74) is 2.24. The van der Waals surface area contributed by atoms with E-state index in [4.69, 9.17) is 9.40 Å². The number of nitrogens with one attached hydrogen (secondary N) is 1. The molecule has 1 saturated carbocycles. The van der Waals surface area contributed by atoms with Gasteiger partial charge in [-0.2, -0.15) is 0 Å². The topological polar surface area (TPSA) is 51.0 Å². The molecule has 3 rings (SSSR count). The monoisotopic (exact) mass is 285 g/mol. The molecule has 0 aromatic carbocycles. The maximum Gasteiger partial charge on any atom is 0.198 e. The highest BCUT2D eigenvalue weighted by molar-refractivity contribution is 5.55. The van der Waals surface area contributed by atoms with Gasteiger partial charge in [-0.05, 0) is 37.8 Å². The van der Waals surface area contributed by atoms with Gasteiger partial charge in [-0.15, -0.1) is 0 Å². The van der Waals surface area contributed by atoms with Crippen LogP contribution in [0.1, 0.15) is 56.2 Å². The van der Waals surface area contributed by atoms with Gasteiger partial charge in [-0.3, -0.25) is 0 Å². The van der Waals surface area contributed by atoms with E-state index in [9.17, 15) is 0 Å². The predicted molar refractivity (Wildman–Crippen MR) is 84.5 cm³/mol. The van der Waals surface area contributed by atoms with Crippen molar-refractivity contribution < 1.29 is 4.42 Å². The van der Waals surface area contributed by atoms with E-state index >= 15 is 0 Å². The Morgan fingerprint density at radius 1 is 1.29 bits per heavy atom. The number of rotatable bonds is 5. The molecule has 0 atom stereocenters. The van der Waals surface area contributed by atoms with E-state index in [0.29, 0.717) is 11.7 Å². The molecule has 0 radical (unpaired) electrons. The van der Waals surface area contributed by atoms with Crippen molar-refractivity contribution in [1.29, 1.82) is 0 Å². The number of aromatic nitrogens is 2. The number of aryl methyl sites for hydroxylation is 1. The van der Waals surface area contributed by atoms with Crippen LogP contribution in [0.25, 0.3) is 11.6 Å². The normalized spacial score (nSPS) is 15.5. The molecule has 0 unspecified atom stereocenters. The molecule has 0 bridgehead atoms. The largest absolute Gasteiger partial charge is 0.461 e. The van der Waals surface area contributed by atoms with Crippen molar-refractivity contribution in [3.05, 3.63) is 29.7 Å². The highest BCUT2D eigenvalue weighted by Crippen LogP contribution is 2.35. The molecule has 2 aromatic heterocycles. The number of nitrogens with zero attached hydrogens (tertiary/aromatic N) is 2. The summed E-state index contributed by atoms with van der Waals surface area (Å²) in [7, 11) is 0. The Bertz CT molecular complexity index is 600. The minimum absolute atomic E-state index is 0.573. The lowest BCUT2D eigenvalue weighted by atomic mass is 10.0. The third-order valence-corrected chi connectivity index (χ3v) is 4.14. The first-order valence-electron chi connectivity index (χ1n) is 7.95. The smallest absolute Gasteiger partial charge is 0.198 e. The number of furan rings is 1. The molecule has 21 heavy (non-hydrogen) atoms. The predicted octanol–water partition coefficient (Wildman–Crippen LogP) is 4.52. The van der Waals surface area contributed by atoms with Gasteiger partial charge in [-0.1, -0.05) is 19.8 Å². The van der Waals surface area contributed by atoms with Crippen molar-refractivity contribution in [3.63, 3.8) is 0 Å². The third kappa shape index (κ3) is 3.09. The van der Waals surface area contributed by atoms with E-state index in [0.717, 1.165) is 35.8 Å². The van der Waals surface area contributed by atoms with Crippen LogP contribution >= 0.6 is 0 Å². The Labute approximate surface area is 126 Å². The standard InChI is InChI=1S/C17H23N3O/c1-3-9-18-15-11-14(13-6-4-5-7-13)19-17(20-15)16-12(2)8-10-21-16/h8,10-11,13H,3-7,9H2,1-2H3,(H,18,19,20). The van der Waals surface area contributed by atoms with Crippen molar-refractivity contribution in [3.8, 4) is 11.6 Å². The summed E-state index contributed by atoms with van der Waals surface area (Å²) in [6.07, 6.45) is 7.87. The van der Waals surface area contributed by atoms with Crippen molar-refractivity contribution >= 4 is 5.82 Å². The summed E-state index contributed by atoms with van der Waals surface area (Å²) in [4.78, 5) is 9.41. The number of anilines is 1. The second kappa shape index (κ2) is 6.29. The van der Waals surface area contributed by atoms with E-state index in [-0.39, 0.29) is 0 Å². The van der Waals surface area contributed by atoms with Crippen LogP contribution in [-0.4, -0.2) is 16.5 Å². The molecule has 0 amide bonds. The van der Waals surface area contributed by atoms with E-state index in [1.165, 1.54) is 25.7 Å². The zero-order valence-electron chi connectivity index (χ0n) is 12.9. The molecule has 112 valence electrons. The van der Waals surface area contributed by atoms with Crippen molar-refractivity contribution in [1.82, 2.24) is 9.97 Å². The van der Waals surface area contributed by atoms with Gasteiger partial charge in [0.1, 0.15) is 5.82 Å². The fraction of sp³-hybridized carbons (Fsp3) is 0.529. The van der Waals surface area contributed by atoms with E-state index < -0.39 is 0 Å². The molecule has 2 heterocycles. The van der Waals surface area contributed by atoms with Gasteiger partial charge in [0.05, 0.1) is 6.26 Å². The quantitative estimate of drug-likeness (QED) is 0.877. The number of hydrogen-bond acceptors (Lipinski definition) is 4. The zero-order chi connectivity index (χ0) is 14.7. The van der Waals surface area contributed by atoms with Gasteiger partial charge < -0.3 is 9.73 Å². The first-order chi connectivity index (χ1) is 10.3. The van der Waals surface area contributed by atoms with Crippen molar-refractivity contribution in [2.75, 3.05) is 11.9 Å². The highest BCUT2D eigenvalue weighted by Gasteiger charge is 2.21. The van der Waals surface area contributed by atoms with Gasteiger partial charge in [0, 0.05) is 24.2 Å².